The Morgan fingerprint density at radius 3 is 2.20 bits per heavy atom. The van der Waals surface area contributed by atoms with E-state index in [1.165, 1.54) is 0 Å². The number of hydrogen-bond donors (Lipinski definition) is 3. The van der Waals surface area contributed by atoms with Crippen molar-refractivity contribution in [1.82, 2.24) is 5.32 Å². The molecule has 0 radical (unpaired) electrons. The molecule has 0 heterocycles. The number of aliphatic carboxylic acids is 1. The van der Waals surface area contributed by atoms with Gasteiger partial charge in [-0.3, -0.25) is 9.59 Å². The molecular formula is C15H28N2O3. The van der Waals surface area contributed by atoms with Crippen molar-refractivity contribution in [3.8, 4) is 0 Å². The molecule has 20 heavy (non-hydrogen) atoms. The van der Waals surface area contributed by atoms with Gasteiger partial charge in [-0.15, -0.1) is 0 Å². The molecule has 1 fully saturated rings. The monoisotopic (exact) mass is 284 g/mol. The Hall–Kier alpha value is -1.10. The van der Waals surface area contributed by atoms with Crippen LogP contribution < -0.4 is 11.1 Å². The van der Waals surface area contributed by atoms with Crippen molar-refractivity contribution >= 4 is 11.9 Å². The number of amides is 1. The summed E-state index contributed by atoms with van der Waals surface area (Å²) >= 11 is 0. The lowest BCUT2D eigenvalue weighted by atomic mass is 9.79. The molecule has 1 aliphatic rings. The Bertz CT molecular complexity index is 343. The Morgan fingerprint density at radius 2 is 1.80 bits per heavy atom. The zero-order valence-electron chi connectivity index (χ0n) is 12.7. The molecule has 1 rings (SSSR count). The van der Waals surface area contributed by atoms with E-state index in [9.17, 15) is 14.7 Å². The molecule has 116 valence electrons. The number of carbonyl (C=O) groups is 2. The minimum absolute atomic E-state index is 0.132. The molecule has 1 saturated carbocycles. The number of carboxylic acids is 1. The third-order valence-electron chi connectivity index (χ3n) is 4.88. The second-order valence-corrected chi connectivity index (χ2v) is 6.30. The molecule has 0 saturated heterocycles. The largest absolute Gasteiger partial charge is 0.481 e. The SMILES string of the molecule is CCC(C)(CN)C(=O)NCC1(C(=O)O)CCCCCC1. The van der Waals surface area contributed by atoms with Crippen LogP contribution in [0, 0.1) is 10.8 Å². The maximum absolute atomic E-state index is 12.2. The predicted molar refractivity (Wildman–Crippen MR) is 78.2 cm³/mol. The van der Waals surface area contributed by atoms with Crippen LogP contribution in [0.25, 0.3) is 0 Å². The molecule has 1 amide bonds. The van der Waals surface area contributed by atoms with Gasteiger partial charge in [0.2, 0.25) is 5.91 Å². The van der Waals surface area contributed by atoms with E-state index >= 15 is 0 Å². The molecule has 4 N–H and O–H groups in total. The number of carboxylic acid groups (broad SMARTS) is 1. The summed E-state index contributed by atoms with van der Waals surface area (Å²) in [4.78, 5) is 23.9. The third kappa shape index (κ3) is 3.72. The summed E-state index contributed by atoms with van der Waals surface area (Å²) in [6.45, 7) is 4.24. The van der Waals surface area contributed by atoms with Gasteiger partial charge in [-0.25, -0.2) is 0 Å². The van der Waals surface area contributed by atoms with Gasteiger partial charge in [0.15, 0.2) is 0 Å². The van der Waals surface area contributed by atoms with E-state index in [0.29, 0.717) is 19.3 Å². The van der Waals surface area contributed by atoms with Gasteiger partial charge in [0, 0.05) is 13.1 Å². The zero-order valence-corrected chi connectivity index (χ0v) is 12.7. The van der Waals surface area contributed by atoms with Crippen molar-refractivity contribution in [3.05, 3.63) is 0 Å². The number of nitrogens with two attached hydrogens (primary N) is 1. The van der Waals surface area contributed by atoms with Gasteiger partial charge in [-0.1, -0.05) is 32.6 Å². The van der Waals surface area contributed by atoms with Gasteiger partial charge < -0.3 is 16.2 Å². The molecule has 1 atom stereocenters. The lowest BCUT2D eigenvalue weighted by Gasteiger charge is -2.31. The molecule has 0 bridgehead atoms. The Kier molecular flexibility index (Phi) is 5.99. The average molecular weight is 284 g/mol. The molecule has 0 aromatic rings. The van der Waals surface area contributed by atoms with E-state index in [4.69, 9.17) is 5.73 Å². The zero-order chi connectivity index (χ0) is 15.2. The second kappa shape index (κ2) is 7.07. The van der Waals surface area contributed by atoms with Crippen LogP contribution in [-0.2, 0) is 9.59 Å². The van der Waals surface area contributed by atoms with Gasteiger partial charge in [0.1, 0.15) is 0 Å². The van der Waals surface area contributed by atoms with E-state index in [1.807, 2.05) is 13.8 Å². The molecule has 0 aromatic carbocycles. The van der Waals surface area contributed by atoms with Crippen molar-refractivity contribution in [1.29, 1.82) is 0 Å². The van der Waals surface area contributed by atoms with E-state index in [2.05, 4.69) is 5.32 Å². The first-order valence-corrected chi connectivity index (χ1v) is 7.62. The summed E-state index contributed by atoms with van der Waals surface area (Å²) in [7, 11) is 0. The van der Waals surface area contributed by atoms with E-state index < -0.39 is 16.8 Å². The summed E-state index contributed by atoms with van der Waals surface area (Å²) in [5, 5.41) is 12.4. The number of nitrogens with one attached hydrogen (secondary N) is 1. The molecule has 1 unspecified atom stereocenters. The molecular weight excluding hydrogens is 256 g/mol. The standard InChI is InChI=1S/C15H28N2O3/c1-3-14(2,10-16)12(18)17-11-15(13(19)20)8-6-4-5-7-9-15/h3-11,16H2,1-2H3,(H,17,18)(H,19,20). The van der Waals surface area contributed by atoms with Crippen LogP contribution >= 0.6 is 0 Å². The highest BCUT2D eigenvalue weighted by Crippen LogP contribution is 2.35. The first-order valence-electron chi connectivity index (χ1n) is 7.62. The van der Waals surface area contributed by atoms with Crippen LogP contribution in [0.5, 0.6) is 0 Å². The highest BCUT2D eigenvalue weighted by Gasteiger charge is 2.40. The van der Waals surface area contributed by atoms with Crippen LogP contribution in [0.1, 0.15) is 58.8 Å². The van der Waals surface area contributed by atoms with Gasteiger partial charge in [0.25, 0.3) is 0 Å². The van der Waals surface area contributed by atoms with Crippen LogP contribution in [-0.4, -0.2) is 30.1 Å². The van der Waals surface area contributed by atoms with Crippen molar-refractivity contribution in [3.63, 3.8) is 0 Å². The summed E-state index contributed by atoms with van der Waals surface area (Å²) in [5.74, 6) is -0.918. The maximum atomic E-state index is 12.2. The minimum atomic E-state index is -0.796. The summed E-state index contributed by atoms with van der Waals surface area (Å²) in [6.07, 6.45) is 5.95. The molecule has 5 nitrogen and oxygen atoms in total. The molecule has 0 spiro atoms. The van der Waals surface area contributed by atoms with Gasteiger partial charge in [-0.05, 0) is 26.2 Å². The van der Waals surface area contributed by atoms with Crippen LogP contribution in [0.15, 0.2) is 0 Å². The smallest absolute Gasteiger partial charge is 0.311 e. The molecule has 1 aliphatic carbocycles. The number of carbonyl (C=O) groups excluding carboxylic acids is 1. The molecule has 0 aliphatic heterocycles. The van der Waals surface area contributed by atoms with Crippen molar-refractivity contribution in [2.75, 3.05) is 13.1 Å². The van der Waals surface area contributed by atoms with Gasteiger partial charge >= 0.3 is 5.97 Å². The first kappa shape index (κ1) is 17.0. The summed E-state index contributed by atoms with van der Waals surface area (Å²) < 4.78 is 0. The minimum Gasteiger partial charge on any atom is -0.481 e. The van der Waals surface area contributed by atoms with Gasteiger partial charge in [0.05, 0.1) is 10.8 Å². The van der Waals surface area contributed by atoms with E-state index in [1.54, 1.807) is 0 Å². The maximum Gasteiger partial charge on any atom is 0.311 e. The first-order chi connectivity index (χ1) is 9.40. The summed E-state index contributed by atoms with van der Waals surface area (Å²) in [5.41, 5.74) is 4.26. The van der Waals surface area contributed by atoms with E-state index in [-0.39, 0.29) is 19.0 Å². The third-order valence-corrected chi connectivity index (χ3v) is 4.88. The average Bonchev–Trinajstić information content (AvgIpc) is 2.70. The Morgan fingerprint density at radius 1 is 1.25 bits per heavy atom. The molecule has 5 heteroatoms. The van der Waals surface area contributed by atoms with Crippen molar-refractivity contribution < 1.29 is 14.7 Å². The lowest BCUT2D eigenvalue weighted by Crippen LogP contribution is -2.49. The fraction of sp³-hybridized carbons (Fsp3) is 0.867. The normalized spacial score (nSPS) is 21.6. The fourth-order valence-electron chi connectivity index (χ4n) is 2.73. The Balaban J connectivity index is 2.72. The van der Waals surface area contributed by atoms with Gasteiger partial charge in [-0.2, -0.15) is 0 Å². The molecule has 0 aromatic heterocycles. The van der Waals surface area contributed by atoms with Crippen molar-refractivity contribution in [2.45, 2.75) is 58.8 Å². The van der Waals surface area contributed by atoms with Crippen LogP contribution in [0.4, 0.5) is 0 Å². The topological polar surface area (TPSA) is 92.4 Å². The fourth-order valence-corrected chi connectivity index (χ4v) is 2.73. The number of hydrogen-bond acceptors (Lipinski definition) is 3. The predicted octanol–water partition coefficient (Wildman–Crippen LogP) is 1.90. The van der Waals surface area contributed by atoms with Crippen LogP contribution in [0.3, 0.4) is 0 Å². The summed E-state index contributed by atoms with van der Waals surface area (Å²) in [6, 6.07) is 0. The Labute approximate surface area is 121 Å². The second-order valence-electron chi connectivity index (χ2n) is 6.30. The lowest BCUT2D eigenvalue weighted by molar-refractivity contribution is -0.150. The number of rotatable bonds is 6. The van der Waals surface area contributed by atoms with E-state index in [0.717, 1.165) is 25.7 Å². The van der Waals surface area contributed by atoms with Crippen molar-refractivity contribution in [2.24, 2.45) is 16.6 Å². The highest BCUT2D eigenvalue weighted by atomic mass is 16.4. The van der Waals surface area contributed by atoms with Crippen LogP contribution in [0.2, 0.25) is 0 Å². The highest BCUT2D eigenvalue weighted by molar-refractivity contribution is 5.83. The quantitative estimate of drug-likeness (QED) is 0.649.